The molecule has 0 aromatic carbocycles. The predicted molar refractivity (Wildman–Crippen MR) is 68.4 cm³/mol. The van der Waals surface area contributed by atoms with Crippen molar-refractivity contribution < 1.29 is 41.0 Å². The van der Waals surface area contributed by atoms with Crippen LogP contribution in [0.3, 0.4) is 0 Å². The monoisotopic (exact) mass is 350 g/mol. The van der Waals surface area contributed by atoms with Gasteiger partial charge in [0.2, 0.25) is 0 Å². The number of alkyl halides is 6. The van der Waals surface area contributed by atoms with Gasteiger partial charge in [-0.15, -0.1) is 0 Å². The van der Waals surface area contributed by atoms with Crippen molar-refractivity contribution >= 4 is 5.97 Å². The highest BCUT2D eigenvalue weighted by Crippen LogP contribution is 2.52. The van der Waals surface area contributed by atoms with Crippen LogP contribution in [0.2, 0.25) is 0 Å². The van der Waals surface area contributed by atoms with E-state index in [9.17, 15) is 36.2 Å². The summed E-state index contributed by atoms with van der Waals surface area (Å²) < 4.78 is 83.0. The molecule has 2 unspecified atom stereocenters. The molecule has 0 aromatic rings. The van der Waals surface area contributed by atoms with Crippen LogP contribution in [0, 0.1) is 11.3 Å². The Morgan fingerprint density at radius 1 is 0.957 bits per heavy atom. The van der Waals surface area contributed by atoms with Crippen molar-refractivity contribution in [2.45, 2.75) is 70.5 Å². The van der Waals surface area contributed by atoms with Crippen molar-refractivity contribution in [2.75, 3.05) is 0 Å². The number of ether oxygens (including phenoxy) is 1. The molecule has 0 saturated heterocycles. The molecule has 0 heterocycles. The van der Waals surface area contributed by atoms with E-state index < -0.39 is 47.8 Å². The maximum atomic E-state index is 13.0. The third-order valence-electron chi connectivity index (χ3n) is 3.97. The second kappa shape index (κ2) is 6.14. The Bertz CT molecular complexity index is 421. The first kappa shape index (κ1) is 20.1. The van der Waals surface area contributed by atoms with Crippen LogP contribution < -0.4 is 0 Å². The molecule has 2 atom stereocenters. The van der Waals surface area contributed by atoms with E-state index in [0.717, 1.165) is 0 Å². The summed E-state index contributed by atoms with van der Waals surface area (Å²) in [6.45, 7) is 4.31. The van der Waals surface area contributed by atoms with Gasteiger partial charge in [-0.25, -0.2) is 0 Å². The lowest BCUT2D eigenvalue weighted by Crippen LogP contribution is -2.65. The zero-order valence-electron chi connectivity index (χ0n) is 13.0. The molecule has 1 aliphatic carbocycles. The van der Waals surface area contributed by atoms with Crippen LogP contribution in [-0.4, -0.2) is 35.1 Å². The molecule has 23 heavy (non-hydrogen) atoms. The quantitative estimate of drug-likeness (QED) is 0.605. The van der Waals surface area contributed by atoms with Crippen molar-refractivity contribution in [3.8, 4) is 0 Å². The van der Waals surface area contributed by atoms with E-state index in [1.54, 1.807) is 0 Å². The summed E-state index contributed by atoms with van der Waals surface area (Å²) in [6.07, 6.45) is -13.7. The van der Waals surface area contributed by atoms with Crippen LogP contribution in [-0.2, 0) is 9.53 Å². The van der Waals surface area contributed by atoms with Gasteiger partial charge in [-0.2, -0.15) is 26.3 Å². The van der Waals surface area contributed by atoms with Gasteiger partial charge in [0.05, 0.1) is 5.41 Å². The van der Waals surface area contributed by atoms with E-state index in [0.29, 0.717) is 6.42 Å². The van der Waals surface area contributed by atoms with E-state index in [1.165, 1.54) is 20.8 Å². The summed E-state index contributed by atoms with van der Waals surface area (Å²) in [5.74, 6) is -3.18. The first-order chi connectivity index (χ1) is 10.1. The van der Waals surface area contributed by atoms with Gasteiger partial charge >= 0.3 is 18.3 Å². The number of hydrogen-bond donors (Lipinski definition) is 1. The van der Waals surface area contributed by atoms with Crippen molar-refractivity contribution in [1.82, 2.24) is 0 Å². The zero-order valence-corrected chi connectivity index (χ0v) is 13.0. The third kappa shape index (κ3) is 3.92. The Hall–Kier alpha value is -0.990. The van der Waals surface area contributed by atoms with E-state index in [-0.39, 0.29) is 12.8 Å². The van der Waals surface area contributed by atoms with Crippen molar-refractivity contribution in [2.24, 2.45) is 11.3 Å². The molecule has 0 aromatic heterocycles. The van der Waals surface area contributed by atoms with E-state index in [4.69, 9.17) is 4.74 Å². The number of rotatable bonds is 2. The Kier molecular flexibility index (Phi) is 5.36. The smallest absolute Gasteiger partial charge is 0.426 e. The second-order valence-corrected chi connectivity index (χ2v) is 6.85. The van der Waals surface area contributed by atoms with E-state index >= 15 is 0 Å². The molecule has 136 valence electrons. The Morgan fingerprint density at radius 2 is 1.39 bits per heavy atom. The van der Waals surface area contributed by atoms with Gasteiger partial charge in [0.25, 0.3) is 5.60 Å². The van der Waals surface area contributed by atoms with Crippen LogP contribution in [0.4, 0.5) is 26.3 Å². The molecule has 1 N–H and O–H groups in total. The van der Waals surface area contributed by atoms with Crippen molar-refractivity contribution in [3.05, 3.63) is 0 Å². The highest BCUT2D eigenvalue weighted by molar-refractivity contribution is 5.75. The fraction of sp³-hybridized carbons (Fsp3) is 0.929. The molecule has 1 fully saturated rings. The molecule has 0 radical (unpaired) electrons. The van der Waals surface area contributed by atoms with Crippen molar-refractivity contribution in [3.63, 3.8) is 0 Å². The topological polar surface area (TPSA) is 46.5 Å². The van der Waals surface area contributed by atoms with Gasteiger partial charge in [-0.1, -0.05) is 6.42 Å². The summed E-state index contributed by atoms with van der Waals surface area (Å²) in [4.78, 5) is 11.8. The minimum Gasteiger partial charge on any atom is -0.462 e. The first-order valence-corrected chi connectivity index (χ1v) is 7.19. The highest BCUT2D eigenvalue weighted by atomic mass is 19.4. The molecule has 1 saturated carbocycles. The summed E-state index contributed by atoms with van der Waals surface area (Å²) in [5, 5.41) is 9.55. The van der Waals surface area contributed by atoms with Crippen LogP contribution >= 0.6 is 0 Å². The fourth-order valence-corrected chi connectivity index (χ4v) is 2.61. The lowest BCUT2D eigenvalue weighted by atomic mass is 9.73. The molecule has 1 aliphatic rings. The number of esters is 1. The van der Waals surface area contributed by atoms with E-state index in [1.807, 2.05) is 0 Å². The first-order valence-electron chi connectivity index (χ1n) is 7.19. The van der Waals surface area contributed by atoms with Crippen molar-refractivity contribution in [1.29, 1.82) is 0 Å². The SMILES string of the molecule is CC(C)(C)C(=O)OC1CCCCC1C(O)(C(F)(F)F)C(F)(F)F. The number of carbonyl (C=O) groups excluding carboxylic acids is 1. The van der Waals surface area contributed by atoms with Gasteiger partial charge in [-0.05, 0) is 40.0 Å². The molecule has 3 nitrogen and oxygen atoms in total. The van der Waals surface area contributed by atoms with Crippen LogP contribution in [0.1, 0.15) is 46.5 Å². The van der Waals surface area contributed by atoms with E-state index in [2.05, 4.69) is 0 Å². The van der Waals surface area contributed by atoms with Gasteiger partial charge < -0.3 is 9.84 Å². The standard InChI is InChI=1S/C14H20F6O3/c1-11(2,3)10(21)23-9-7-5-4-6-8(9)12(22,13(15,16)17)14(18,19)20/h8-9,22H,4-7H2,1-3H3. The molecule has 9 heteroatoms. The van der Waals surface area contributed by atoms with Gasteiger partial charge in [0.15, 0.2) is 0 Å². The maximum absolute atomic E-state index is 13.0. The second-order valence-electron chi connectivity index (χ2n) is 6.85. The fourth-order valence-electron chi connectivity index (χ4n) is 2.61. The molecule has 0 bridgehead atoms. The average molecular weight is 350 g/mol. The van der Waals surface area contributed by atoms with Crippen LogP contribution in [0.5, 0.6) is 0 Å². The van der Waals surface area contributed by atoms with Crippen LogP contribution in [0.25, 0.3) is 0 Å². The molecule has 1 rings (SSSR count). The third-order valence-corrected chi connectivity index (χ3v) is 3.97. The molecule has 0 spiro atoms. The minimum absolute atomic E-state index is 0.0860. The Labute approximate surface area is 130 Å². The Balaban J connectivity index is 3.20. The Morgan fingerprint density at radius 3 is 1.78 bits per heavy atom. The summed E-state index contributed by atoms with van der Waals surface area (Å²) in [6, 6.07) is 0. The summed E-state index contributed by atoms with van der Waals surface area (Å²) >= 11 is 0. The molecular formula is C14H20F6O3. The number of halogens is 6. The summed E-state index contributed by atoms with van der Waals surface area (Å²) in [7, 11) is 0. The predicted octanol–water partition coefficient (Wildman–Crippen LogP) is 3.99. The largest absolute Gasteiger partial charge is 0.462 e. The van der Waals surface area contributed by atoms with Gasteiger partial charge in [0, 0.05) is 5.92 Å². The summed E-state index contributed by atoms with van der Waals surface area (Å²) in [5.41, 5.74) is -5.97. The molecular weight excluding hydrogens is 330 g/mol. The maximum Gasteiger partial charge on any atom is 0.426 e. The molecule has 0 aliphatic heterocycles. The van der Waals surface area contributed by atoms with Crippen LogP contribution in [0.15, 0.2) is 0 Å². The average Bonchev–Trinajstić information content (AvgIpc) is 2.34. The number of carbonyl (C=O) groups is 1. The van der Waals surface area contributed by atoms with Gasteiger partial charge in [-0.3, -0.25) is 4.79 Å². The zero-order chi connectivity index (χ0) is 18.3. The lowest BCUT2D eigenvalue weighted by molar-refractivity contribution is -0.393. The highest BCUT2D eigenvalue weighted by Gasteiger charge is 2.75. The minimum atomic E-state index is -5.92. The number of hydrogen-bond acceptors (Lipinski definition) is 3. The van der Waals surface area contributed by atoms with Gasteiger partial charge in [0.1, 0.15) is 6.10 Å². The molecule has 0 amide bonds. The lowest BCUT2D eigenvalue weighted by Gasteiger charge is -2.44. The normalized spacial score (nSPS) is 24.4. The number of aliphatic hydroxyl groups is 1.